The maximum absolute atomic E-state index is 6.22. The Labute approximate surface area is 126 Å². The Bertz CT molecular complexity index is 624. The minimum atomic E-state index is 0.808. The standard InChI is InChI=1S/C17H24N4/c1-3-17-19-13(2)12-21(17)16-11-14(7-8-15(16)18)20-9-5-4-6-10-20/h7-8,11-12H,3-6,9-10,18H2,1-2H3. The van der Waals surface area contributed by atoms with Crippen molar-refractivity contribution in [1.29, 1.82) is 0 Å². The van der Waals surface area contributed by atoms with Crippen LogP contribution in [0.1, 0.15) is 37.7 Å². The molecule has 4 heteroatoms. The highest BCUT2D eigenvalue weighted by atomic mass is 15.1. The van der Waals surface area contributed by atoms with Gasteiger partial charge in [0.25, 0.3) is 0 Å². The molecular formula is C17H24N4. The lowest BCUT2D eigenvalue weighted by Gasteiger charge is -2.29. The van der Waals surface area contributed by atoms with Crippen LogP contribution < -0.4 is 10.6 Å². The molecule has 2 heterocycles. The summed E-state index contributed by atoms with van der Waals surface area (Å²) in [7, 11) is 0. The van der Waals surface area contributed by atoms with Crippen molar-refractivity contribution in [2.24, 2.45) is 0 Å². The van der Waals surface area contributed by atoms with Crippen molar-refractivity contribution in [3.05, 3.63) is 35.9 Å². The quantitative estimate of drug-likeness (QED) is 0.880. The number of nitrogens with zero attached hydrogens (tertiary/aromatic N) is 3. The summed E-state index contributed by atoms with van der Waals surface area (Å²) in [5, 5.41) is 0. The monoisotopic (exact) mass is 284 g/mol. The highest BCUT2D eigenvalue weighted by molar-refractivity contribution is 5.66. The summed E-state index contributed by atoms with van der Waals surface area (Å²) in [4.78, 5) is 7.04. The SMILES string of the molecule is CCc1nc(C)cn1-c1cc(N2CCCCC2)ccc1N. The molecule has 112 valence electrons. The second-order valence-electron chi connectivity index (χ2n) is 5.81. The van der Waals surface area contributed by atoms with Gasteiger partial charge in [-0.1, -0.05) is 6.92 Å². The number of anilines is 2. The molecule has 0 radical (unpaired) electrons. The fourth-order valence-corrected chi connectivity index (χ4v) is 3.10. The molecule has 0 unspecified atom stereocenters. The van der Waals surface area contributed by atoms with Crippen molar-refractivity contribution in [1.82, 2.24) is 9.55 Å². The van der Waals surface area contributed by atoms with Gasteiger partial charge in [0.05, 0.1) is 17.1 Å². The zero-order valence-corrected chi connectivity index (χ0v) is 13.0. The summed E-state index contributed by atoms with van der Waals surface area (Å²) in [6.07, 6.45) is 6.89. The molecule has 1 aromatic carbocycles. The largest absolute Gasteiger partial charge is 0.397 e. The first-order valence-electron chi connectivity index (χ1n) is 7.88. The molecule has 1 fully saturated rings. The average molecular weight is 284 g/mol. The molecule has 1 aliphatic rings. The third-order valence-electron chi connectivity index (χ3n) is 4.21. The topological polar surface area (TPSA) is 47.1 Å². The fraction of sp³-hybridized carbons (Fsp3) is 0.471. The van der Waals surface area contributed by atoms with Crippen LogP contribution in [0.4, 0.5) is 11.4 Å². The van der Waals surface area contributed by atoms with Gasteiger partial charge in [-0.3, -0.25) is 0 Å². The summed E-state index contributed by atoms with van der Waals surface area (Å²) in [5.41, 5.74) is 10.4. The van der Waals surface area contributed by atoms with Gasteiger partial charge in [-0.2, -0.15) is 0 Å². The molecule has 2 N–H and O–H groups in total. The number of hydrogen-bond acceptors (Lipinski definition) is 3. The molecule has 0 bridgehead atoms. The number of imidazole rings is 1. The number of rotatable bonds is 3. The lowest BCUT2D eigenvalue weighted by molar-refractivity contribution is 0.578. The van der Waals surface area contributed by atoms with Crippen LogP contribution in [0, 0.1) is 6.92 Å². The van der Waals surface area contributed by atoms with Crippen molar-refractivity contribution >= 4 is 11.4 Å². The van der Waals surface area contributed by atoms with E-state index in [4.69, 9.17) is 5.73 Å². The Balaban J connectivity index is 2.01. The molecule has 1 aliphatic heterocycles. The zero-order chi connectivity index (χ0) is 14.8. The zero-order valence-electron chi connectivity index (χ0n) is 13.0. The normalized spacial score (nSPS) is 15.4. The number of aryl methyl sites for hydroxylation is 2. The fourth-order valence-electron chi connectivity index (χ4n) is 3.10. The van der Waals surface area contributed by atoms with E-state index in [1.165, 1.54) is 24.9 Å². The van der Waals surface area contributed by atoms with Crippen molar-refractivity contribution < 1.29 is 0 Å². The van der Waals surface area contributed by atoms with Crippen LogP contribution in [0.25, 0.3) is 5.69 Å². The molecule has 21 heavy (non-hydrogen) atoms. The Morgan fingerprint density at radius 1 is 1.19 bits per heavy atom. The molecule has 4 nitrogen and oxygen atoms in total. The first-order valence-corrected chi connectivity index (χ1v) is 7.88. The summed E-state index contributed by atoms with van der Waals surface area (Å²) < 4.78 is 2.14. The highest BCUT2D eigenvalue weighted by Gasteiger charge is 2.14. The smallest absolute Gasteiger partial charge is 0.113 e. The molecule has 1 aromatic heterocycles. The van der Waals surface area contributed by atoms with E-state index in [-0.39, 0.29) is 0 Å². The number of nitrogens with two attached hydrogens (primary N) is 1. The van der Waals surface area contributed by atoms with Crippen molar-refractivity contribution in [2.75, 3.05) is 23.7 Å². The number of piperidine rings is 1. The minimum absolute atomic E-state index is 0.808. The Morgan fingerprint density at radius 2 is 1.95 bits per heavy atom. The predicted molar refractivity (Wildman–Crippen MR) is 88.2 cm³/mol. The van der Waals surface area contributed by atoms with E-state index < -0.39 is 0 Å². The van der Waals surface area contributed by atoms with E-state index >= 15 is 0 Å². The Morgan fingerprint density at radius 3 is 2.67 bits per heavy atom. The predicted octanol–water partition coefficient (Wildman–Crippen LogP) is 3.32. The molecule has 0 spiro atoms. The highest BCUT2D eigenvalue weighted by Crippen LogP contribution is 2.28. The van der Waals surface area contributed by atoms with E-state index in [1.807, 2.05) is 13.0 Å². The molecule has 0 atom stereocenters. The molecule has 0 saturated carbocycles. The van der Waals surface area contributed by atoms with E-state index in [2.05, 4.69) is 39.7 Å². The Hall–Kier alpha value is -1.97. The van der Waals surface area contributed by atoms with Crippen LogP contribution in [0.5, 0.6) is 0 Å². The molecule has 0 amide bonds. The molecule has 0 aliphatic carbocycles. The van der Waals surface area contributed by atoms with Gasteiger partial charge in [0.15, 0.2) is 0 Å². The Kier molecular flexibility index (Phi) is 3.86. The molecule has 3 rings (SSSR count). The number of benzene rings is 1. The number of hydrogen-bond donors (Lipinski definition) is 1. The van der Waals surface area contributed by atoms with Crippen LogP contribution in [-0.2, 0) is 6.42 Å². The van der Waals surface area contributed by atoms with E-state index in [1.54, 1.807) is 0 Å². The second kappa shape index (κ2) is 5.80. The van der Waals surface area contributed by atoms with Gasteiger partial charge < -0.3 is 15.2 Å². The number of aromatic nitrogens is 2. The van der Waals surface area contributed by atoms with Gasteiger partial charge in [-0.25, -0.2) is 4.98 Å². The van der Waals surface area contributed by atoms with E-state index in [0.29, 0.717) is 0 Å². The lowest BCUT2D eigenvalue weighted by atomic mass is 10.1. The van der Waals surface area contributed by atoms with Gasteiger partial charge >= 0.3 is 0 Å². The molecular weight excluding hydrogens is 260 g/mol. The van der Waals surface area contributed by atoms with Crippen molar-refractivity contribution in [2.45, 2.75) is 39.5 Å². The van der Waals surface area contributed by atoms with Crippen LogP contribution in [-0.4, -0.2) is 22.6 Å². The van der Waals surface area contributed by atoms with Gasteiger partial charge in [-0.05, 0) is 44.4 Å². The second-order valence-corrected chi connectivity index (χ2v) is 5.81. The van der Waals surface area contributed by atoms with Crippen molar-refractivity contribution in [3.63, 3.8) is 0 Å². The first-order chi connectivity index (χ1) is 10.2. The van der Waals surface area contributed by atoms with Gasteiger partial charge in [0.1, 0.15) is 5.82 Å². The maximum Gasteiger partial charge on any atom is 0.113 e. The van der Waals surface area contributed by atoms with E-state index in [0.717, 1.165) is 42.4 Å². The molecule has 1 saturated heterocycles. The maximum atomic E-state index is 6.22. The minimum Gasteiger partial charge on any atom is -0.397 e. The first kappa shape index (κ1) is 14.0. The van der Waals surface area contributed by atoms with Crippen molar-refractivity contribution in [3.8, 4) is 5.69 Å². The average Bonchev–Trinajstić information content (AvgIpc) is 2.89. The van der Waals surface area contributed by atoms with Gasteiger partial charge in [-0.15, -0.1) is 0 Å². The number of nitrogen functional groups attached to an aromatic ring is 1. The summed E-state index contributed by atoms with van der Waals surface area (Å²) in [5.74, 6) is 1.06. The lowest BCUT2D eigenvalue weighted by Crippen LogP contribution is -2.29. The van der Waals surface area contributed by atoms with Gasteiger partial charge in [0.2, 0.25) is 0 Å². The summed E-state index contributed by atoms with van der Waals surface area (Å²) >= 11 is 0. The van der Waals surface area contributed by atoms with Crippen LogP contribution >= 0.6 is 0 Å². The summed E-state index contributed by atoms with van der Waals surface area (Å²) in [6.45, 7) is 6.45. The third-order valence-corrected chi connectivity index (χ3v) is 4.21. The third kappa shape index (κ3) is 2.75. The molecule has 2 aromatic rings. The van der Waals surface area contributed by atoms with Crippen LogP contribution in [0.3, 0.4) is 0 Å². The van der Waals surface area contributed by atoms with E-state index in [9.17, 15) is 0 Å². The van der Waals surface area contributed by atoms with Crippen LogP contribution in [0.15, 0.2) is 24.4 Å². The van der Waals surface area contributed by atoms with Crippen LogP contribution in [0.2, 0.25) is 0 Å². The summed E-state index contributed by atoms with van der Waals surface area (Å²) in [6, 6.07) is 6.37. The van der Waals surface area contributed by atoms with Gasteiger partial charge in [0, 0.05) is 31.4 Å².